The Balaban J connectivity index is 1.81. The Bertz CT molecular complexity index is 588. The number of halogens is 2. The second-order valence-corrected chi connectivity index (χ2v) is 5.77. The number of thioether (sulfide) groups is 1. The van der Waals surface area contributed by atoms with E-state index < -0.39 is 5.76 Å². The fraction of sp³-hybridized carbons (Fsp3) is 0.267. The Labute approximate surface area is 131 Å². The van der Waals surface area contributed by atoms with Crippen molar-refractivity contribution in [2.45, 2.75) is 17.2 Å². The lowest BCUT2D eigenvalue weighted by atomic mass is 10.3. The minimum atomic E-state index is -2.45. The van der Waals surface area contributed by atoms with Crippen LogP contribution in [0.1, 0.15) is 5.76 Å². The van der Waals surface area contributed by atoms with E-state index >= 15 is 0 Å². The molecule has 0 atom stereocenters. The molecule has 4 nitrogen and oxygen atoms in total. The molecule has 0 unspecified atom stereocenters. The van der Waals surface area contributed by atoms with Gasteiger partial charge in [0.25, 0.3) is 5.76 Å². The maximum Gasteiger partial charge on any atom is 0.288 e. The first kappa shape index (κ1) is 16.5. The maximum atomic E-state index is 12.2. The third-order valence-electron chi connectivity index (χ3n) is 2.78. The monoisotopic (exact) mass is 326 g/mol. The van der Waals surface area contributed by atoms with E-state index in [4.69, 9.17) is 4.42 Å². The number of alkyl halides is 2. The van der Waals surface area contributed by atoms with Gasteiger partial charge in [0.1, 0.15) is 5.76 Å². The molecule has 0 radical (unpaired) electrons. The molecule has 0 spiro atoms. The van der Waals surface area contributed by atoms with Gasteiger partial charge in [0.15, 0.2) is 0 Å². The molecular weight excluding hydrogens is 310 g/mol. The third-order valence-corrected chi connectivity index (χ3v) is 3.51. The Kier molecular flexibility index (Phi) is 5.97. The quantitative estimate of drug-likeness (QED) is 0.789. The molecule has 22 heavy (non-hydrogen) atoms. The predicted octanol–water partition coefficient (Wildman–Crippen LogP) is 3.66. The van der Waals surface area contributed by atoms with Gasteiger partial charge in [0.05, 0.1) is 19.4 Å². The number of furan rings is 1. The number of rotatable bonds is 7. The van der Waals surface area contributed by atoms with Crippen molar-refractivity contribution >= 4 is 23.4 Å². The van der Waals surface area contributed by atoms with E-state index in [9.17, 15) is 13.6 Å². The van der Waals surface area contributed by atoms with Crippen molar-refractivity contribution in [3.63, 3.8) is 0 Å². The third kappa shape index (κ3) is 5.50. The van der Waals surface area contributed by atoms with Crippen LogP contribution in [0, 0.1) is 0 Å². The number of anilines is 1. The molecule has 1 aromatic heterocycles. The van der Waals surface area contributed by atoms with Crippen LogP contribution < -0.4 is 5.32 Å². The van der Waals surface area contributed by atoms with Gasteiger partial charge in [-0.2, -0.15) is 8.78 Å². The van der Waals surface area contributed by atoms with Gasteiger partial charge in [-0.05, 0) is 43.4 Å². The van der Waals surface area contributed by atoms with Gasteiger partial charge in [0, 0.05) is 10.6 Å². The average molecular weight is 326 g/mol. The lowest BCUT2D eigenvalue weighted by Gasteiger charge is -2.14. The van der Waals surface area contributed by atoms with Crippen LogP contribution in [-0.4, -0.2) is 30.2 Å². The number of nitrogens with zero attached hydrogens (tertiary/aromatic N) is 1. The van der Waals surface area contributed by atoms with Crippen LogP contribution in [0.15, 0.2) is 52.0 Å². The second-order valence-electron chi connectivity index (χ2n) is 4.70. The molecule has 0 aliphatic heterocycles. The summed E-state index contributed by atoms with van der Waals surface area (Å²) in [4.78, 5) is 14.2. The number of hydrogen-bond acceptors (Lipinski definition) is 4. The van der Waals surface area contributed by atoms with E-state index in [0.717, 1.165) is 5.76 Å². The standard InChI is InChI=1S/C15H16F2N2O2S/c1-19(9-12-3-2-8-21-12)10-14(20)18-11-4-6-13(7-5-11)22-15(16)17/h2-8,15H,9-10H2,1H3,(H,18,20). The first-order chi connectivity index (χ1) is 10.5. The molecule has 0 saturated heterocycles. The van der Waals surface area contributed by atoms with Crippen LogP contribution in [0.25, 0.3) is 0 Å². The summed E-state index contributed by atoms with van der Waals surface area (Å²) < 4.78 is 29.6. The van der Waals surface area contributed by atoms with Crippen molar-refractivity contribution in [2.75, 3.05) is 18.9 Å². The molecule has 1 heterocycles. The van der Waals surface area contributed by atoms with Gasteiger partial charge >= 0.3 is 0 Å². The molecule has 118 valence electrons. The highest BCUT2D eigenvalue weighted by molar-refractivity contribution is 7.99. The van der Waals surface area contributed by atoms with Crippen LogP contribution in [0.3, 0.4) is 0 Å². The van der Waals surface area contributed by atoms with Crippen molar-refractivity contribution in [1.82, 2.24) is 4.90 Å². The molecule has 7 heteroatoms. The first-order valence-electron chi connectivity index (χ1n) is 6.58. The van der Waals surface area contributed by atoms with E-state index in [-0.39, 0.29) is 12.5 Å². The van der Waals surface area contributed by atoms with E-state index in [0.29, 0.717) is 28.9 Å². The summed E-state index contributed by atoms with van der Waals surface area (Å²) in [5.41, 5.74) is 0.579. The predicted molar refractivity (Wildman–Crippen MR) is 82.0 cm³/mol. The highest BCUT2D eigenvalue weighted by atomic mass is 32.2. The molecule has 2 rings (SSSR count). The summed E-state index contributed by atoms with van der Waals surface area (Å²) in [7, 11) is 1.81. The van der Waals surface area contributed by atoms with Gasteiger partial charge in [-0.1, -0.05) is 11.8 Å². The Morgan fingerprint density at radius 1 is 1.32 bits per heavy atom. The van der Waals surface area contributed by atoms with Gasteiger partial charge in [-0.25, -0.2) is 0 Å². The van der Waals surface area contributed by atoms with Crippen LogP contribution in [-0.2, 0) is 11.3 Å². The summed E-state index contributed by atoms with van der Waals surface area (Å²) in [6.45, 7) is 0.735. The van der Waals surface area contributed by atoms with Crippen molar-refractivity contribution in [1.29, 1.82) is 0 Å². The normalized spacial score (nSPS) is 11.1. The van der Waals surface area contributed by atoms with Crippen LogP contribution in [0.5, 0.6) is 0 Å². The molecule has 1 N–H and O–H groups in total. The summed E-state index contributed by atoms with van der Waals surface area (Å²) in [5, 5.41) is 2.72. The zero-order valence-electron chi connectivity index (χ0n) is 12.0. The molecule has 0 aliphatic rings. The van der Waals surface area contributed by atoms with Crippen molar-refractivity contribution in [3.8, 4) is 0 Å². The largest absolute Gasteiger partial charge is 0.468 e. The Morgan fingerprint density at radius 2 is 2.05 bits per heavy atom. The van der Waals surface area contributed by atoms with Crippen molar-refractivity contribution < 1.29 is 18.0 Å². The van der Waals surface area contributed by atoms with Gasteiger partial charge < -0.3 is 9.73 Å². The van der Waals surface area contributed by atoms with Gasteiger partial charge in [-0.15, -0.1) is 0 Å². The fourth-order valence-electron chi connectivity index (χ4n) is 1.89. The van der Waals surface area contributed by atoms with Crippen LogP contribution in [0.2, 0.25) is 0 Å². The van der Waals surface area contributed by atoms with E-state index in [1.54, 1.807) is 36.6 Å². The SMILES string of the molecule is CN(CC(=O)Nc1ccc(SC(F)F)cc1)Cc1ccco1. The van der Waals surface area contributed by atoms with Crippen molar-refractivity contribution in [3.05, 3.63) is 48.4 Å². The molecule has 0 saturated carbocycles. The molecule has 0 aliphatic carbocycles. The fourth-order valence-corrected chi connectivity index (χ4v) is 2.39. The van der Waals surface area contributed by atoms with Crippen LogP contribution >= 0.6 is 11.8 Å². The summed E-state index contributed by atoms with van der Waals surface area (Å²) in [5.74, 6) is -1.84. The number of nitrogens with one attached hydrogen (secondary N) is 1. The number of carbonyl (C=O) groups excluding carboxylic acids is 1. The van der Waals surface area contributed by atoms with Crippen molar-refractivity contribution in [2.24, 2.45) is 0 Å². The van der Waals surface area contributed by atoms with Gasteiger partial charge in [-0.3, -0.25) is 9.69 Å². The summed E-state index contributed by atoms with van der Waals surface area (Å²) in [6.07, 6.45) is 1.59. The lowest BCUT2D eigenvalue weighted by molar-refractivity contribution is -0.117. The Morgan fingerprint density at radius 3 is 2.64 bits per heavy atom. The number of carbonyl (C=O) groups is 1. The lowest BCUT2D eigenvalue weighted by Crippen LogP contribution is -2.29. The van der Waals surface area contributed by atoms with E-state index in [2.05, 4.69) is 5.32 Å². The zero-order chi connectivity index (χ0) is 15.9. The smallest absolute Gasteiger partial charge is 0.288 e. The first-order valence-corrected chi connectivity index (χ1v) is 7.46. The Hall–Kier alpha value is -1.86. The van der Waals surface area contributed by atoms with E-state index in [1.807, 2.05) is 18.0 Å². The highest BCUT2D eigenvalue weighted by Crippen LogP contribution is 2.26. The molecule has 1 aromatic carbocycles. The second kappa shape index (κ2) is 7.95. The minimum Gasteiger partial charge on any atom is -0.468 e. The molecule has 0 fully saturated rings. The molecule has 2 aromatic rings. The number of amides is 1. The maximum absolute atomic E-state index is 12.2. The number of benzene rings is 1. The van der Waals surface area contributed by atoms with Gasteiger partial charge in [0.2, 0.25) is 5.91 Å². The molecule has 0 bridgehead atoms. The average Bonchev–Trinajstić information content (AvgIpc) is 2.93. The number of hydrogen-bond donors (Lipinski definition) is 1. The topological polar surface area (TPSA) is 45.5 Å². The van der Waals surface area contributed by atoms with E-state index in [1.165, 1.54) is 0 Å². The molecule has 1 amide bonds. The zero-order valence-corrected chi connectivity index (χ0v) is 12.8. The summed E-state index contributed by atoms with van der Waals surface area (Å²) >= 11 is 0.474. The number of likely N-dealkylation sites (N-methyl/N-ethyl adjacent to an activating group) is 1. The highest BCUT2D eigenvalue weighted by Gasteiger charge is 2.09. The molecular formula is C15H16F2N2O2S. The minimum absolute atomic E-state index is 0.177. The van der Waals surface area contributed by atoms with Crippen LogP contribution in [0.4, 0.5) is 14.5 Å². The summed E-state index contributed by atoms with van der Waals surface area (Å²) in [6, 6.07) is 9.96.